The van der Waals surface area contributed by atoms with Gasteiger partial charge in [0, 0.05) is 25.7 Å². The lowest BCUT2D eigenvalue weighted by Gasteiger charge is -2.33. The first-order chi connectivity index (χ1) is 9.72. The number of nitrogens with zero attached hydrogens (tertiary/aromatic N) is 1. The second-order valence-corrected chi connectivity index (χ2v) is 6.52. The van der Waals surface area contributed by atoms with Crippen molar-refractivity contribution in [3.8, 4) is 5.75 Å². The Kier molecular flexibility index (Phi) is 4.45. The summed E-state index contributed by atoms with van der Waals surface area (Å²) in [5.41, 5.74) is 0. The Balaban J connectivity index is 2.40. The molecule has 0 saturated carbocycles. The molecule has 1 fully saturated rings. The molecule has 1 atom stereocenters. The van der Waals surface area contributed by atoms with Crippen molar-refractivity contribution in [1.82, 2.24) is 9.62 Å². The van der Waals surface area contributed by atoms with Crippen LogP contribution >= 0.6 is 0 Å². The molecule has 2 rings (SSSR count). The van der Waals surface area contributed by atoms with Crippen molar-refractivity contribution in [2.75, 3.05) is 19.6 Å². The number of alkyl halides is 3. The van der Waals surface area contributed by atoms with Crippen LogP contribution in [-0.2, 0) is 10.0 Å². The summed E-state index contributed by atoms with van der Waals surface area (Å²) in [6, 6.07) is 4.42. The predicted octanol–water partition coefficient (Wildman–Crippen LogP) is 1.57. The van der Waals surface area contributed by atoms with Gasteiger partial charge in [-0.2, -0.15) is 4.31 Å². The maximum absolute atomic E-state index is 12.6. The number of para-hydroxylation sites is 1. The fourth-order valence-electron chi connectivity index (χ4n) is 2.18. The standard InChI is InChI=1S/C12H15F3N2O3S/c1-9-8-16-6-7-17(9)21(18,19)11-5-3-2-4-10(11)20-12(13,14)15/h2-5,9,16H,6-8H2,1H3. The first-order valence-corrected chi connectivity index (χ1v) is 7.73. The van der Waals surface area contributed by atoms with Gasteiger partial charge in [-0.1, -0.05) is 12.1 Å². The number of nitrogens with one attached hydrogen (secondary N) is 1. The third-order valence-corrected chi connectivity index (χ3v) is 5.15. The number of rotatable bonds is 3. The Morgan fingerprint density at radius 1 is 1.33 bits per heavy atom. The van der Waals surface area contributed by atoms with Crippen molar-refractivity contribution in [2.45, 2.75) is 24.2 Å². The van der Waals surface area contributed by atoms with Crippen molar-refractivity contribution >= 4 is 10.0 Å². The van der Waals surface area contributed by atoms with Crippen LogP contribution in [0.25, 0.3) is 0 Å². The molecular formula is C12H15F3N2O3S. The summed E-state index contributed by atoms with van der Waals surface area (Å²) >= 11 is 0. The number of piperazine rings is 1. The van der Waals surface area contributed by atoms with Gasteiger partial charge in [0.2, 0.25) is 10.0 Å². The molecule has 0 amide bonds. The van der Waals surface area contributed by atoms with Crippen LogP contribution in [0.2, 0.25) is 0 Å². The fraction of sp³-hybridized carbons (Fsp3) is 0.500. The van der Waals surface area contributed by atoms with E-state index in [0.29, 0.717) is 13.1 Å². The second kappa shape index (κ2) is 5.82. The summed E-state index contributed by atoms with van der Waals surface area (Å²) in [6.45, 7) is 2.79. The highest BCUT2D eigenvalue weighted by Crippen LogP contribution is 2.32. The summed E-state index contributed by atoms with van der Waals surface area (Å²) in [4.78, 5) is -0.476. The normalized spacial score (nSPS) is 21.2. The van der Waals surface area contributed by atoms with E-state index in [-0.39, 0.29) is 12.6 Å². The molecule has 118 valence electrons. The van der Waals surface area contributed by atoms with E-state index in [1.165, 1.54) is 16.4 Å². The van der Waals surface area contributed by atoms with Crippen LogP contribution in [0.5, 0.6) is 5.75 Å². The van der Waals surface area contributed by atoms with E-state index < -0.39 is 27.0 Å². The molecule has 5 nitrogen and oxygen atoms in total. The quantitative estimate of drug-likeness (QED) is 0.917. The molecule has 0 radical (unpaired) electrons. The van der Waals surface area contributed by atoms with Gasteiger partial charge in [0.25, 0.3) is 0 Å². The second-order valence-electron chi connectivity index (χ2n) is 4.66. The summed E-state index contributed by atoms with van der Waals surface area (Å²) in [5, 5.41) is 3.02. The maximum Gasteiger partial charge on any atom is 0.573 e. The summed E-state index contributed by atoms with van der Waals surface area (Å²) in [7, 11) is -4.05. The minimum absolute atomic E-state index is 0.198. The van der Waals surface area contributed by atoms with Crippen LogP contribution < -0.4 is 10.1 Å². The highest BCUT2D eigenvalue weighted by atomic mass is 32.2. The van der Waals surface area contributed by atoms with E-state index in [0.717, 1.165) is 12.1 Å². The number of halogens is 3. The summed E-state index contributed by atoms with van der Waals surface area (Å²) in [5.74, 6) is -0.712. The molecule has 9 heteroatoms. The van der Waals surface area contributed by atoms with Crippen molar-refractivity contribution in [2.24, 2.45) is 0 Å². The number of hydrogen-bond donors (Lipinski definition) is 1. The van der Waals surface area contributed by atoms with Crippen LogP contribution in [0.3, 0.4) is 0 Å². The molecule has 1 aliphatic heterocycles. The number of ether oxygens (including phenoxy) is 1. The van der Waals surface area contributed by atoms with Crippen molar-refractivity contribution in [3.05, 3.63) is 24.3 Å². The Bertz CT molecular complexity index is 604. The van der Waals surface area contributed by atoms with Crippen molar-refractivity contribution in [1.29, 1.82) is 0 Å². The topological polar surface area (TPSA) is 58.6 Å². The third-order valence-electron chi connectivity index (χ3n) is 3.10. The van der Waals surface area contributed by atoms with Gasteiger partial charge in [0.15, 0.2) is 0 Å². The molecule has 0 spiro atoms. The Hall–Kier alpha value is -1.32. The monoisotopic (exact) mass is 324 g/mol. The largest absolute Gasteiger partial charge is 0.573 e. The Morgan fingerprint density at radius 3 is 2.62 bits per heavy atom. The van der Waals surface area contributed by atoms with Crippen LogP contribution in [-0.4, -0.2) is 44.8 Å². The van der Waals surface area contributed by atoms with Gasteiger partial charge in [0.05, 0.1) is 0 Å². The van der Waals surface area contributed by atoms with Gasteiger partial charge >= 0.3 is 6.36 Å². The fourth-order valence-corrected chi connectivity index (χ4v) is 3.93. The molecule has 0 aromatic heterocycles. The van der Waals surface area contributed by atoms with Gasteiger partial charge in [-0.15, -0.1) is 13.2 Å². The average Bonchev–Trinajstić information content (AvgIpc) is 2.37. The Morgan fingerprint density at radius 2 is 2.00 bits per heavy atom. The average molecular weight is 324 g/mol. The van der Waals surface area contributed by atoms with E-state index in [9.17, 15) is 21.6 Å². The molecule has 1 N–H and O–H groups in total. The van der Waals surface area contributed by atoms with Gasteiger partial charge < -0.3 is 10.1 Å². The molecule has 1 aromatic rings. The zero-order chi connectivity index (χ0) is 15.7. The molecule has 0 aliphatic carbocycles. The zero-order valence-corrected chi connectivity index (χ0v) is 12.0. The molecule has 21 heavy (non-hydrogen) atoms. The molecule has 1 heterocycles. The van der Waals surface area contributed by atoms with Crippen molar-refractivity contribution < 1.29 is 26.3 Å². The SMILES string of the molecule is CC1CNCCN1S(=O)(=O)c1ccccc1OC(F)(F)F. The highest BCUT2D eigenvalue weighted by Gasteiger charge is 2.37. The van der Waals surface area contributed by atoms with E-state index in [1.807, 2.05) is 0 Å². The smallest absolute Gasteiger partial charge is 0.404 e. The summed E-state index contributed by atoms with van der Waals surface area (Å²) in [6.07, 6.45) is -4.94. The van der Waals surface area contributed by atoms with Gasteiger partial charge in [-0.05, 0) is 19.1 Å². The summed E-state index contributed by atoms with van der Waals surface area (Å²) < 4.78 is 67.3. The van der Waals surface area contributed by atoms with Gasteiger partial charge in [0.1, 0.15) is 10.6 Å². The lowest BCUT2D eigenvalue weighted by Crippen LogP contribution is -2.52. The van der Waals surface area contributed by atoms with Crippen LogP contribution in [0.4, 0.5) is 13.2 Å². The number of hydrogen-bond acceptors (Lipinski definition) is 4. The maximum atomic E-state index is 12.6. The van der Waals surface area contributed by atoms with Crippen LogP contribution in [0.1, 0.15) is 6.92 Å². The van der Waals surface area contributed by atoms with E-state index >= 15 is 0 Å². The van der Waals surface area contributed by atoms with Crippen LogP contribution in [0.15, 0.2) is 29.2 Å². The Labute approximate surface area is 120 Å². The van der Waals surface area contributed by atoms with E-state index in [4.69, 9.17) is 0 Å². The molecule has 1 aliphatic rings. The molecule has 1 aromatic carbocycles. The van der Waals surface area contributed by atoms with E-state index in [2.05, 4.69) is 10.1 Å². The molecular weight excluding hydrogens is 309 g/mol. The molecule has 0 bridgehead atoms. The molecule has 1 saturated heterocycles. The number of benzene rings is 1. The lowest BCUT2D eigenvalue weighted by molar-refractivity contribution is -0.275. The zero-order valence-electron chi connectivity index (χ0n) is 11.2. The first-order valence-electron chi connectivity index (χ1n) is 6.29. The minimum atomic E-state index is -4.94. The minimum Gasteiger partial charge on any atom is -0.404 e. The number of sulfonamides is 1. The predicted molar refractivity (Wildman–Crippen MR) is 69.3 cm³/mol. The molecule has 1 unspecified atom stereocenters. The van der Waals surface area contributed by atoms with Crippen LogP contribution in [0, 0.1) is 0 Å². The van der Waals surface area contributed by atoms with Gasteiger partial charge in [-0.3, -0.25) is 0 Å². The van der Waals surface area contributed by atoms with Gasteiger partial charge in [-0.25, -0.2) is 8.42 Å². The first kappa shape index (κ1) is 16.1. The highest BCUT2D eigenvalue weighted by molar-refractivity contribution is 7.89. The van der Waals surface area contributed by atoms with E-state index in [1.54, 1.807) is 6.92 Å². The third kappa shape index (κ3) is 3.66. The van der Waals surface area contributed by atoms with Crippen molar-refractivity contribution in [3.63, 3.8) is 0 Å². The lowest BCUT2D eigenvalue weighted by atomic mass is 10.3.